The van der Waals surface area contributed by atoms with Gasteiger partial charge in [-0.05, 0) is 6.08 Å². The maximum Gasteiger partial charge on any atom is 0.295 e. The highest BCUT2D eigenvalue weighted by molar-refractivity contribution is 5.99. The standard InChI is InChI=1S/C11H16N2O2/c1-4-7-13(8(2)3)9-5-6-10(14)12-11(9)15/h4,9H,1,5-7H2,2-3H3/p+1. The van der Waals surface area contributed by atoms with Crippen LogP contribution in [0.2, 0.25) is 0 Å². The predicted molar refractivity (Wildman–Crippen MR) is 57.9 cm³/mol. The van der Waals surface area contributed by atoms with Gasteiger partial charge in [-0.25, -0.2) is 4.58 Å². The Labute approximate surface area is 89.7 Å². The average molecular weight is 209 g/mol. The normalized spacial score (nSPS) is 20.8. The first-order chi connectivity index (χ1) is 7.06. The highest BCUT2D eigenvalue weighted by Crippen LogP contribution is 2.09. The fourth-order valence-electron chi connectivity index (χ4n) is 1.74. The minimum Gasteiger partial charge on any atom is -0.291 e. The molecular weight excluding hydrogens is 192 g/mol. The molecule has 0 aromatic carbocycles. The number of hydrogen-bond donors (Lipinski definition) is 1. The van der Waals surface area contributed by atoms with Crippen LogP contribution in [0.25, 0.3) is 0 Å². The summed E-state index contributed by atoms with van der Waals surface area (Å²) in [4.78, 5) is 22.6. The Morgan fingerprint density at radius 2 is 2.27 bits per heavy atom. The second-order valence-corrected chi connectivity index (χ2v) is 3.86. The van der Waals surface area contributed by atoms with E-state index in [4.69, 9.17) is 0 Å². The molecule has 4 heteroatoms. The van der Waals surface area contributed by atoms with E-state index in [1.54, 1.807) is 6.08 Å². The molecular formula is C11H17N2O2+. The Morgan fingerprint density at radius 3 is 2.73 bits per heavy atom. The first-order valence-electron chi connectivity index (χ1n) is 5.07. The molecule has 1 aliphatic rings. The molecule has 1 atom stereocenters. The van der Waals surface area contributed by atoms with Crippen LogP contribution >= 0.6 is 0 Å². The number of nitrogens with one attached hydrogen (secondary N) is 1. The summed E-state index contributed by atoms with van der Waals surface area (Å²) in [5.74, 6) is -0.377. The minimum absolute atomic E-state index is 0.177. The third kappa shape index (κ3) is 2.75. The summed E-state index contributed by atoms with van der Waals surface area (Å²) in [6, 6.07) is -0.231. The Bertz CT molecular complexity index is 327. The van der Waals surface area contributed by atoms with E-state index in [2.05, 4.69) is 11.9 Å². The van der Waals surface area contributed by atoms with Crippen LogP contribution in [0.5, 0.6) is 0 Å². The molecule has 0 bridgehead atoms. The van der Waals surface area contributed by atoms with Crippen LogP contribution in [0.3, 0.4) is 0 Å². The van der Waals surface area contributed by atoms with Crippen LogP contribution in [0.15, 0.2) is 12.7 Å². The number of carbonyl (C=O) groups excluding carboxylic acids is 2. The zero-order chi connectivity index (χ0) is 11.4. The van der Waals surface area contributed by atoms with Crippen molar-refractivity contribution in [1.29, 1.82) is 0 Å². The van der Waals surface area contributed by atoms with Gasteiger partial charge in [-0.1, -0.05) is 6.58 Å². The van der Waals surface area contributed by atoms with Crippen molar-refractivity contribution < 1.29 is 14.2 Å². The van der Waals surface area contributed by atoms with Crippen LogP contribution in [-0.2, 0) is 9.59 Å². The summed E-state index contributed by atoms with van der Waals surface area (Å²) in [7, 11) is 0. The highest BCUT2D eigenvalue weighted by Gasteiger charge is 2.34. The van der Waals surface area contributed by atoms with Gasteiger partial charge in [0.1, 0.15) is 5.71 Å². The fraction of sp³-hybridized carbons (Fsp3) is 0.545. The maximum absolute atomic E-state index is 11.6. The summed E-state index contributed by atoms with van der Waals surface area (Å²) >= 11 is 0. The summed E-state index contributed by atoms with van der Waals surface area (Å²) in [6.45, 7) is 8.20. The molecule has 15 heavy (non-hydrogen) atoms. The molecule has 1 fully saturated rings. The van der Waals surface area contributed by atoms with Gasteiger partial charge < -0.3 is 0 Å². The molecule has 0 radical (unpaired) electrons. The van der Waals surface area contributed by atoms with Crippen molar-refractivity contribution in [2.45, 2.75) is 32.7 Å². The van der Waals surface area contributed by atoms with Crippen molar-refractivity contribution in [3.8, 4) is 0 Å². The van der Waals surface area contributed by atoms with E-state index in [0.29, 0.717) is 19.4 Å². The van der Waals surface area contributed by atoms with Gasteiger partial charge in [0, 0.05) is 26.7 Å². The smallest absolute Gasteiger partial charge is 0.291 e. The van der Waals surface area contributed by atoms with Crippen LogP contribution in [0.4, 0.5) is 0 Å². The van der Waals surface area contributed by atoms with Crippen molar-refractivity contribution in [2.24, 2.45) is 0 Å². The zero-order valence-corrected chi connectivity index (χ0v) is 9.25. The van der Waals surface area contributed by atoms with Gasteiger partial charge in [-0.2, -0.15) is 0 Å². The monoisotopic (exact) mass is 209 g/mol. The lowest BCUT2D eigenvalue weighted by Crippen LogP contribution is -2.50. The molecule has 2 amide bonds. The number of hydrogen-bond acceptors (Lipinski definition) is 2. The van der Waals surface area contributed by atoms with Gasteiger partial charge in [-0.15, -0.1) is 0 Å². The van der Waals surface area contributed by atoms with Gasteiger partial charge in [0.15, 0.2) is 6.54 Å². The Balaban J connectivity index is 2.86. The number of piperidine rings is 1. The van der Waals surface area contributed by atoms with E-state index in [1.165, 1.54) is 0 Å². The third-order valence-corrected chi connectivity index (χ3v) is 2.49. The van der Waals surface area contributed by atoms with Crippen LogP contribution < -0.4 is 5.32 Å². The minimum atomic E-state index is -0.231. The molecule has 1 unspecified atom stereocenters. The van der Waals surface area contributed by atoms with Crippen molar-refractivity contribution in [1.82, 2.24) is 5.32 Å². The largest absolute Gasteiger partial charge is 0.295 e. The van der Waals surface area contributed by atoms with E-state index in [1.807, 2.05) is 18.4 Å². The summed E-state index contributed by atoms with van der Waals surface area (Å²) < 4.78 is 1.97. The number of nitrogens with zero attached hydrogens (tertiary/aromatic N) is 1. The summed E-state index contributed by atoms with van der Waals surface area (Å²) in [5.41, 5.74) is 1.06. The second kappa shape index (κ2) is 4.87. The Morgan fingerprint density at radius 1 is 1.60 bits per heavy atom. The number of amides is 2. The predicted octanol–water partition coefficient (Wildman–Crippen LogP) is 0.471. The van der Waals surface area contributed by atoms with Gasteiger partial charge >= 0.3 is 0 Å². The van der Waals surface area contributed by atoms with Crippen LogP contribution in [0.1, 0.15) is 26.7 Å². The molecule has 4 nitrogen and oxygen atoms in total. The Hall–Kier alpha value is -1.45. The molecule has 1 N–H and O–H groups in total. The number of rotatable bonds is 3. The van der Waals surface area contributed by atoms with Crippen molar-refractivity contribution in [2.75, 3.05) is 6.54 Å². The number of carbonyl (C=O) groups is 2. The lowest BCUT2D eigenvalue weighted by Gasteiger charge is -2.19. The molecule has 0 aromatic rings. The molecule has 82 valence electrons. The SMILES string of the molecule is C=CC[N+](=C(C)C)C1CCC(=O)NC1=O. The zero-order valence-electron chi connectivity index (χ0n) is 9.25. The summed E-state index contributed by atoms with van der Waals surface area (Å²) in [5, 5.41) is 2.36. The lowest BCUT2D eigenvalue weighted by atomic mass is 10.1. The van der Waals surface area contributed by atoms with Crippen molar-refractivity contribution >= 4 is 17.5 Å². The first-order valence-corrected chi connectivity index (χ1v) is 5.07. The van der Waals surface area contributed by atoms with E-state index in [-0.39, 0.29) is 17.9 Å². The molecule has 0 spiro atoms. The van der Waals surface area contributed by atoms with Crippen LogP contribution in [-0.4, -0.2) is 34.7 Å². The molecule has 0 aromatic heterocycles. The average Bonchev–Trinajstić information content (AvgIpc) is 2.15. The van der Waals surface area contributed by atoms with Crippen LogP contribution in [0, 0.1) is 0 Å². The molecule has 1 heterocycles. The Kier molecular flexibility index (Phi) is 3.77. The van der Waals surface area contributed by atoms with Gasteiger partial charge in [0.25, 0.3) is 5.91 Å². The van der Waals surface area contributed by atoms with E-state index < -0.39 is 0 Å². The fourth-order valence-corrected chi connectivity index (χ4v) is 1.74. The highest BCUT2D eigenvalue weighted by atomic mass is 16.2. The van der Waals surface area contributed by atoms with Gasteiger partial charge in [0.05, 0.1) is 0 Å². The molecule has 1 aliphatic heterocycles. The first kappa shape index (κ1) is 11.6. The summed E-state index contributed by atoms with van der Waals surface area (Å²) in [6.07, 6.45) is 2.76. The van der Waals surface area contributed by atoms with Gasteiger partial charge in [-0.3, -0.25) is 14.9 Å². The lowest BCUT2D eigenvalue weighted by molar-refractivity contribution is -0.545. The van der Waals surface area contributed by atoms with Gasteiger partial charge in [0.2, 0.25) is 11.9 Å². The number of imide groups is 1. The van der Waals surface area contributed by atoms with Crippen molar-refractivity contribution in [3.63, 3.8) is 0 Å². The van der Waals surface area contributed by atoms with E-state index in [0.717, 1.165) is 5.71 Å². The molecule has 0 saturated carbocycles. The molecule has 0 aliphatic carbocycles. The van der Waals surface area contributed by atoms with E-state index in [9.17, 15) is 9.59 Å². The molecule has 1 saturated heterocycles. The third-order valence-electron chi connectivity index (χ3n) is 2.49. The van der Waals surface area contributed by atoms with E-state index >= 15 is 0 Å². The van der Waals surface area contributed by atoms with Crippen molar-refractivity contribution in [3.05, 3.63) is 12.7 Å². The second-order valence-electron chi connectivity index (χ2n) is 3.86. The topological polar surface area (TPSA) is 49.2 Å². The quantitative estimate of drug-likeness (QED) is 0.318. The molecule has 1 rings (SSSR count). The maximum atomic E-state index is 11.6.